The number of rotatable bonds is 4. The molecule has 0 aromatic rings. The highest BCUT2D eigenvalue weighted by molar-refractivity contribution is 5.81. The average molecular weight is 296 g/mol. The van der Waals surface area contributed by atoms with Gasteiger partial charge in [0.1, 0.15) is 5.54 Å². The Kier molecular flexibility index (Phi) is 4.52. The number of hydrogen-bond donors (Lipinski definition) is 1. The predicted molar refractivity (Wildman–Crippen MR) is 80.1 cm³/mol. The molecule has 3 unspecified atom stereocenters. The first-order chi connectivity index (χ1) is 10.1. The molecule has 0 bridgehead atoms. The third-order valence-corrected chi connectivity index (χ3v) is 5.12. The fraction of sp³-hybridized carbons (Fsp3) is 0.938. The van der Waals surface area contributed by atoms with Crippen LogP contribution >= 0.6 is 0 Å². The Morgan fingerprint density at radius 3 is 2.90 bits per heavy atom. The molecule has 120 valence electrons. The van der Waals surface area contributed by atoms with E-state index in [1.165, 1.54) is 20.0 Å². The zero-order valence-electron chi connectivity index (χ0n) is 13.3. The number of esters is 1. The normalized spacial score (nSPS) is 38.2. The van der Waals surface area contributed by atoms with Crippen LogP contribution in [0.25, 0.3) is 0 Å². The van der Waals surface area contributed by atoms with Crippen molar-refractivity contribution in [2.75, 3.05) is 26.8 Å². The number of methoxy groups -OCH3 is 1. The van der Waals surface area contributed by atoms with Crippen molar-refractivity contribution in [1.82, 2.24) is 10.2 Å². The van der Waals surface area contributed by atoms with Gasteiger partial charge in [0.15, 0.2) is 0 Å². The van der Waals surface area contributed by atoms with Crippen LogP contribution in [-0.4, -0.2) is 61.4 Å². The second-order valence-corrected chi connectivity index (χ2v) is 6.92. The number of carbonyl (C=O) groups is 1. The Balaban J connectivity index is 1.67. The molecule has 3 aliphatic rings. The molecule has 3 fully saturated rings. The topological polar surface area (TPSA) is 50.8 Å². The summed E-state index contributed by atoms with van der Waals surface area (Å²) >= 11 is 0. The van der Waals surface area contributed by atoms with E-state index in [-0.39, 0.29) is 12.1 Å². The number of nitrogens with zero attached hydrogens (tertiary/aromatic N) is 1. The highest BCUT2D eigenvalue weighted by Gasteiger charge is 2.50. The summed E-state index contributed by atoms with van der Waals surface area (Å²) in [5, 5.41) is 3.58. The van der Waals surface area contributed by atoms with E-state index in [2.05, 4.69) is 17.1 Å². The monoisotopic (exact) mass is 296 g/mol. The number of nitrogens with one attached hydrogen (secondary N) is 1. The van der Waals surface area contributed by atoms with Crippen LogP contribution in [0.15, 0.2) is 0 Å². The molecule has 5 nitrogen and oxygen atoms in total. The van der Waals surface area contributed by atoms with Gasteiger partial charge < -0.3 is 9.47 Å². The molecule has 0 amide bonds. The van der Waals surface area contributed by atoms with Gasteiger partial charge in [0.2, 0.25) is 0 Å². The quantitative estimate of drug-likeness (QED) is 0.793. The van der Waals surface area contributed by atoms with Crippen LogP contribution in [-0.2, 0) is 14.3 Å². The molecule has 1 N–H and O–H groups in total. The first kappa shape index (κ1) is 15.3. The van der Waals surface area contributed by atoms with Crippen LogP contribution in [0, 0.1) is 0 Å². The first-order valence-electron chi connectivity index (χ1n) is 8.35. The van der Waals surface area contributed by atoms with Gasteiger partial charge in [-0.3, -0.25) is 15.0 Å². The molecule has 0 radical (unpaired) electrons. The molecule has 0 spiro atoms. The lowest BCUT2D eigenvalue weighted by Crippen LogP contribution is -2.53. The van der Waals surface area contributed by atoms with Gasteiger partial charge in [-0.1, -0.05) is 0 Å². The SMILES string of the molecule is COC(=O)C1(NC2CC2)CCC(N2CCCOC(C)C2)C1. The average Bonchev–Trinajstić information content (AvgIpc) is 3.22. The Bertz CT molecular complexity index is 386. The molecule has 1 saturated heterocycles. The fourth-order valence-electron chi connectivity index (χ4n) is 3.88. The van der Waals surface area contributed by atoms with Gasteiger partial charge in [0.25, 0.3) is 0 Å². The maximum atomic E-state index is 12.3. The van der Waals surface area contributed by atoms with E-state index >= 15 is 0 Å². The van der Waals surface area contributed by atoms with Crippen LogP contribution in [0.5, 0.6) is 0 Å². The molecular weight excluding hydrogens is 268 g/mol. The van der Waals surface area contributed by atoms with Crippen LogP contribution < -0.4 is 5.32 Å². The van der Waals surface area contributed by atoms with Gasteiger partial charge in [-0.15, -0.1) is 0 Å². The van der Waals surface area contributed by atoms with Crippen molar-refractivity contribution in [1.29, 1.82) is 0 Å². The van der Waals surface area contributed by atoms with Crippen LogP contribution in [0.1, 0.15) is 45.4 Å². The van der Waals surface area contributed by atoms with E-state index in [1.54, 1.807) is 0 Å². The second kappa shape index (κ2) is 6.23. The van der Waals surface area contributed by atoms with E-state index in [4.69, 9.17) is 9.47 Å². The summed E-state index contributed by atoms with van der Waals surface area (Å²) in [7, 11) is 1.51. The Labute approximate surface area is 127 Å². The lowest BCUT2D eigenvalue weighted by atomic mass is 9.96. The minimum Gasteiger partial charge on any atom is -0.468 e. The molecule has 0 aromatic carbocycles. The fourth-order valence-corrected chi connectivity index (χ4v) is 3.88. The minimum absolute atomic E-state index is 0.0731. The van der Waals surface area contributed by atoms with Gasteiger partial charge >= 0.3 is 5.97 Å². The van der Waals surface area contributed by atoms with Gasteiger partial charge in [-0.25, -0.2) is 0 Å². The van der Waals surface area contributed by atoms with Crippen molar-refractivity contribution < 1.29 is 14.3 Å². The van der Waals surface area contributed by atoms with Crippen LogP contribution in [0.4, 0.5) is 0 Å². The maximum absolute atomic E-state index is 12.3. The van der Waals surface area contributed by atoms with E-state index < -0.39 is 5.54 Å². The number of hydrogen-bond acceptors (Lipinski definition) is 5. The smallest absolute Gasteiger partial charge is 0.326 e. The van der Waals surface area contributed by atoms with Gasteiger partial charge in [0, 0.05) is 31.8 Å². The zero-order valence-corrected chi connectivity index (χ0v) is 13.3. The zero-order chi connectivity index (χ0) is 14.9. The van der Waals surface area contributed by atoms with Crippen molar-refractivity contribution in [3.05, 3.63) is 0 Å². The molecule has 1 heterocycles. The Morgan fingerprint density at radius 1 is 1.38 bits per heavy atom. The summed E-state index contributed by atoms with van der Waals surface area (Å²) in [6.45, 7) is 5.05. The van der Waals surface area contributed by atoms with Crippen molar-refractivity contribution in [2.45, 2.75) is 69.2 Å². The standard InChI is InChI=1S/C16H28N2O3/c1-12-11-18(8-3-9-21-12)14-6-7-16(10-14,15(19)20-2)17-13-4-5-13/h12-14,17H,3-11H2,1-2H3. The minimum atomic E-state index is -0.447. The number of ether oxygens (including phenoxy) is 2. The summed E-state index contributed by atoms with van der Waals surface area (Å²) in [5.74, 6) is -0.0731. The van der Waals surface area contributed by atoms with E-state index in [0.717, 1.165) is 45.4 Å². The largest absolute Gasteiger partial charge is 0.468 e. The van der Waals surface area contributed by atoms with Gasteiger partial charge in [-0.05, 0) is 45.4 Å². The highest BCUT2D eigenvalue weighted by atomic mass is 16.5. The van der Waals surface area contributed by atoms with E-state index in [1.807, 2.05) is 0 Å². The van der Waals surface area contributed by atoms with E-state index in [9.17, 15) is 4.79 Å². The molecule has 2 saturated carbocycles. The molecule has 0 aromatic heterocycles. The maximum Gasteiger partial charge on any atom is 0.326 e. The molecule has 3 atom stereocenters. The second-order valence-electron chi connectivity index (χ2n) is 6.92. The third-order valence-electron chi connectivity index (χ3n) is 5.12. The molecule has 5 heteroatoms. The van der Waals surface area contributed by atoms with Crippen molar-refractivity contribution in [2.24, 2.45) is 0 Å². The van der Waals surface area contributed by atoms with Gasteiger partial charge in [-0.2, -0.15) is 0 Å². The predicted octanol–water partition coefficient (Wildman–Crippen LogP) is 1.31. The summed E-state index contributed by atoms with van der Waals surface area (Å²) in [6, 6.07) is 0.994. The third kappa shape index (κ3) is 3.41. The van der Waals surface area contributed by atoms with Crippen LogP contribution in [0.3, 0.4) is 0 Å². The van der Waals surface area contributed by atoms with Gasteiger partial charge in [0.05, 0.1) is 13.2 Å². The van der Waals surface area contributed by atoms with Crippen molar-refractivity contribution in [3.63, 3.8) is 0 Å². The highest BCUT2D eigenvalue weighted by Crippen LogP contribution is 2.37. The summed E-state index contributed by atoms with van der Waals surface area (Å²) in [4.78, 5) is 14.9. The lowest BCUT2D eigenvalue weighted by molar-refractivity contribution is -0.148. The molecule has 1 aliphatic heterocycles. The summed E-state index contributed by atoms with van der Waals surface area (Å²) in [6.07, 6.45) is 6.60. The summed E-state index contributed by atoms with van der Waals surface area (Å²) < 4.78 is 10.8. The number of carbonyl (C=O) groups excluding carboxylic acids is 1. The first-order valence-corrected chi connectivity index (χ1v) is 8.35. The van der Waals surface area contributed by atoms with Crippen LogP contribution in [0.2, 0.25) is 0 Å². The molecular formula is C16H28N2O3. The molecule has 3 rings (SSSR count). The Hall–Kier alpha value is -0.650. The van der Waals surface area contributed by atoms with Crippen molar-refractivity contribution >= 4 is 5.97 Å². The molecule has 2 aliphatic carbocycles. The molecule has 21 heavy (non-hydrogen) atoms. The van der Waals surface area contributed by atoms with E-state index in [0.29, 0.717) is 12.1 Å². The van der Waals surface area contributed by atoms with Crippen molar-refractivity contribution in [3.8, 4) is 0 Å². The Morgan fingerprint density at radius 2 is 2.19 bits per heavy atom. The summed E-state index contributed by atoms with van der Waals surface area (Å²) in [5.41, 5.74) is -0.447. The lowest BCUT2D eigenvalue weighted by Gasteiger charge is -2.32.